The van der Waals surface area contributed by atoms with E-state index in [1.54, 1.807) is 0 Å². The summed E-state index contributed by atoms with van der Waals surface area (Å²) >= 11 is 0. The molecular formula is C54H37N. The highest BCUT2D eigenvalue weighted by molar-refractivity contribution is 6.14. The van der Waals surface area contributed by atoms with Gasteiger partial charge in [-0.2, -0.15) is 0 Å². The predicted octanol–water partition coefficient (Wildman–Crippen LogP) is 15.3. The molecule has 10 aromatic carbocycles. The van der Waals surface area contributed by atoms with E-state index >= 15 is 0 Å². The minimum atomic E-state index is 1.10. The molecule has 10 rings (SSSR count). The Morgan fingerprint density at radius 3 is 1.42 bits per heavy atom. The maximum Gasteiger partial charge on any atom is 0.0546 e. The van der Waals surface area contributed by atoms with Crippen molar-refractivity contribution in [3.8, 4) is 44.5 Å². The van der Waals surface area contributed by atoms with Gasteiger partial charge >= 0.3 is 0 Å². The number of benzene rings is 10. The summed E-state index contributed by atoms with van der Waals surface area (Å²) in [6.45, 7) is 0. The lowest BCUT2D eigenvalue weighted by atomic mass is 9.91. The third kappa shape index (κ3) is 6.02. The summed E-state index contributed by atoms with van der Waals surface area (Å²) in [6.07, 6.45) is 0. The molecule has 0 amide bonds. The lowest BCUT2D eigenvalue weighted by Gasteiger charge is -2.28. The molecular weight excluding hydrogens is 663 g/mol. The van der Waals surface area contributed by atoms with E-state index in [9.17, 15) is 0 Å². The first-order chi connectivity index (χ1) is 27.3. The zero-order chi connectivity index (χ0) is 36.6. The Labute approximate surface area is 322 Å². The molecule has 0 unspecified atom stereocenters. The second-order valence-electron chi connectivity index (χ2n) is 14.1. The largest absolute Gasteiger partial charge is 0.310 e. The fourth-order valence-electron chi connectivity index (χ4n) is 8.17. The predicted molar refractivity (Wildman–Crippen MR) is 235 cm³/mol. The molecule has 0 atom stereocenters. The Morgan fingerprint density at radius 1 is 0.236 bits per heavy atom. The molecule has 0 bridgehead atoms. The molecule has 10 aromatic rings. The molecule has 0 fully saturated rings. The van der Waals surface area contributed by atoms with Crippen molar-refractivity contribution in [2.75, 3.05) is 4.90 Å². The molecule has 55 heavy (non-hydrogen) atoms. The van der Waals surface area contributed by atoms with Crippen molar-refractivity contribution < 1.29 is 0 Å². The topological polar surface area (TPSA) is 3.24 Å². The SMILES string of the molecule is c1ccc(-c2ccc(-c3ccccc3)c(-c3ccc(N(c4ccc(-c5cccc6ccccc56)cc4)c4cc5ccccc5c5ccccc45)cc3)c2)cc1. The molecule has 1 nitrogen and oxygen atoms in total. The van der Waals surface area contributed by atoms with Gasteiger partial charge in [0.2, 0.25) is 0 Å². The van der Waals surface area contributed by atoms with Crippen LogP contribution in [-0.2, 0) is 0 Å². The van der Waals surface area contributed by atoms with Crippen molar-refractivity contribution in [1.82, 2.24) is 0 Å². The first kappa shape index (κ1) is 32.4. The van der Waals surface area contributed by atoms with Crippen LogP contribution in [0.2, 0.25) is 0 Å². The van der Waals surface area contributed by atoms with Gasteiger partial charge in [-0.25, -0.2) is 0 Å². The van der Waals surface area contributed by atoms with Crippen molar-refractivity contribution in [3.05, 3.63) is 224 Å². The quantitative estimate of drug-likeness (QED) is 0.150. The van der Waals surface area contributed by atoms with Crippen molar-refractivity contribution in [3.63, 3.8) is 0 Å². The second kappa shape index (κ2) is 14.0. The van der Waals surface area contributed by atoms with Gasteiger partial charge in [-0.05, 0) is 108 Å². The molecule has 0 radical (unpaired) electrons. The third-order valence-electron chi connectivity index (χ3n) is 10.9. The van der Waals surface area contributed by atoms with Crippen LogP contribution in [0.1, 0.15) is 0 Å². The summed E-state index contributed by atoms with van der Waals surface area (Å²) in [7, 11) is 0. The van der Waals surface area contributed by atoms with Crippen molar-refractivity contribution in [2.24, 2.45) is 0 Å². The molecule has 0 saturated carbocycles. The van der Waals surface area contributed by atoms with Crippen LogP contribution in [0.4, 0.5) is 17.1 Å². The normalized spacial score (nSPS) is 11.3. The standard InChI is InChI=1S/C54H37N/c1-3-14-38(15-4-1)43-30-35-50(39-16-5-2-6-17-39)53(36-43)42-28-33-46(34-29-42)55(54-37-44-19-8-10-22-49(44)51-23-11-12-24-52(51)54)45-31-26-41(27-32-45)48-25-13-20-40-18-7-9-21-47(40)48/h1-37H. The lowest BCUT2D eigenvalue weighted by molar-refractivity contribution is 1.30. The highest BCUT2D eigenvalue weighted by atomic mass is 15.1. The minimum absolute atomic E-state index is 1.10. The number of rotatable bonds is 7. The summed E-state index contributed by atoms with van der Waals surface area (Å²) in [4.78, 5) is 2.42. The summed E-state index contributed by atoms with van der Waals surface area (Å²) in [5.74, 6) is 0. The summed E-state index contributed by atoms with van der Waals surface area (Å²) < 4.78 is 0. The molecule has 258 valence electrons. The molecule has 0 aliphatic rings. The Kier molecular flexibility index (Phi) is 8.24. The van der Waals surface area contributed by atoms with E-state index in [0.717, 1.165) is 17.1 Å². The Hall–Kier alpha value is -7.22. The van der Waals surface area contributed by atoms with Gasteiger partial charge in [-0.1, -0.05) is 188 Å². The van der Waals surface area contributed by atoms with Crippen LogP contribution in [0.3, 0.4) is 0 Å². The van der Waals surface area contributed by atoms with E-state index in [4.69, 9.17) is 0 Å². The molecule has 0 aliphatic carbocycles. The number of nitrogens with zero attached hydrogens (tertiary/aromatic N) is 1. The van der Waals surface area contributed by atoms with Crippen molar-refractivity contribution >= 4 is 49.4 Å². The van der Waals surface area contributed by atoms with E-state index < -0.39 is 0 Å². The van der Waals surface area contributed by atoms with Crippen LogP contribution >= 0.6 is 0 Å². The average molecular weight is 700 g/mol. The van der Waals surface area contributed by atoms with Gasteiger partial charge in [-0.15, -0.1) is 0 Å². The Bertz CT molecular complexity index is 2940. The number of anilines is 3. The number of fused-ring (bicyclic) bond motifs is 4. The van der Waals surface area contributed by atoms with Crippen molar-refractivity contribution in [1.29, 1.82) is 0 Å². The zero-order valence-electron chi connectivity index (χ0n) is 30.3. The Balaban J connectivity index is 1.13. The summed E-state index contributed by atoms with van der Waals surface area (Å²) in [5.41, 5.74) is 13.0. The van der Waals surface area contributed by atoms with Gasteiger partial charge in [0.15, 0.2) is 0 Å². The van der Waals surface area contributed by atoms with E-state index in [1.165, 1.54) is 76.8 Å². The number of hydrogen-bond donors (Lipinski definition) is 0. The molecule has 0 heterocycles. The molecule has 0 N–H and O–H groups in total. The lowest BCUT2D eigenvalue weighted by Crippen LogP contribution is -2.10. The minimum Gasteiger partial charge on any atom is -0.310 e. The first-order valence-corrected chi connectivity index (χ1v) is 18.9. The fourth-order valence-corrected chi connectivity index (χ4v) is 8.17. The van der Waals surface area contributed by atoms with Gasteiger partial charge < -0.3 is 4.90 Å². The van der Waals surface area contributed by atoms with Gasteiger partial charge in [0.05, 0.1) is 5.69 Å². The van der Waals surface area contributed by atoms with Crippen LogP contribution < -0.4 is 4.90 Å². The van der Waals surface area contributed by atoms with Crippen LogP contribution in [0.5, 0.6) is 0 Å². The highest BCUT2D eigenvalue weighted by Gasteiger charge is 2.19. The number of hydrogen-bond acceptors (Lipinski definition) is 1. The van der Waals surface area contributed by atoms with E-state index in [-0.39, 0.29) is 0 Å². The van der Waals surface area contributed by atoms with E-state index in [0.29, 0.717) is 0 Å². The molecule has 0 aliphatic heterocycles. The van der Waals surface area contributed by atoms with Crippen LogP contribution in [-0.4, -0.2) is 0 Å². The Morgan fingerprint density at radius 2 is 0.727 bits per heavy atom. The monoisotopic (exact) mass is 699 g/mol. The third-order valence-corrected chi connectivity index (χ3v) is 10.9. The first-order valence-electron chi connectivity index (χ1n) is 18.9. The summed E-state index contributed by atoms with van der Waals surface area (Å²) in [6, 6.07) is 81.5. The van der Waals surface area contributed by atoms with Gasteiger partial charge in [-0.3, -0.25) is 0 Å². The van der Waals surface area contributed by atoms with Gasteiger partial charge in [0.1, 0.15) is 0 Å². The van der Waals surface area contributed by atoms with Gasteiger partial charge in [0, 0.05) is 16.8 Å². The molecule has 0 spiro atoms. The summed E-state index contributed by atoms with van der Waals surface area (Å²) in [5, 5.41) is 7.45. The maximum absolute atomic E-state index is 2.42. The highest BCUT2D eigenvalue weighted by Crippen LogP contribution is 2.44. The zero-order valence-corrected chi connectivity index (χ0v) is 30.3. The van der Waals surface area contributed by atoms with Crippen molar-refractivity contribution in [2.45, 2.75) is 0 Å². The second-order valence-corrected chi connectivity index (χ2v) is 14.1. The molecule has 0 aromatic heterocycles. The smallest absolute Gasteiger partial charge is 0.0546 e. The fraction of sp³-hybridized carbons (Fsp3) is 0. The van der Waals surface area contributed by atoms with Crippen LogP contribution in [0.15, 0.2) is 224 Å². The van der Waals surface area contributed by atoms with E-state index in [1.807, 2.05) is 0 Å². The maximum atomic E-state index is 2.42. The van der Waals surface area contributed by atoms with Crippen LogP contribution in [0, 0.1) is 0 Å². The van der Waals surface area contributed by atoms with Gasteiger partial charge in [0.25, 0.3) is 0 Å². The molecule has 0 saturated heterocycles. The average Bonchev–Trinajstić information content (AvgIpc) is 3.27. The molecule has 1 heteroatoms. The van der Waals surface area contributed by atoms with E-state index in [2.05, 4.69) is 229 Å². The van der Waals surface area contributed by atoms with Crippen LogP contribution in [0.25, 0.3) is 76.8 Å².